The van der Waals surface area contributed by atoms with Gasteiger partial charge in [0, 0.05) is 32.2 Å². The number of piperazine rings is 1. The van der Waals surface area contributed by atoms with E-state index >= 15 is 0 Å². The Morgan fingerprint density at radius 2 is 2.29 bits per heavy atom. The van der Waals surface area contributed by atoms with Crippen LogP contribution in [0.5, 0.6) is 0 Å². The topological polar surface area (TPSA) is 41.6 Å². The van der Waals surface area contributed by atoms with Gasteiger partial charge in [-0.1, -0.05) is 26.0 Å². The Balaban J connectivity index is 2.06. The molecule has 0 spiro atoms. The van der Waals surface area contributed by atoms with Crippen molar-refractivity contribution in [2.24, 2.45) is 5.92 Å². The maximum atomic E-state index is 11.6. The third-order valence-electron chi connectivity index (χ3n) is 3.95. The molecule has 1 aliphatic heterocycles. The first-order chi connectivity index (χ1) is 10.1. The fraction of sp³-hybridized carbons (Fsp3) is 0.588. The van der Waals surface area contributed by atoms with Gasteiger partial charge >= 0.3 is 5.97 Å². The van der Waals surface area contributed by atoms with E-state index < -0.39 is 0 Å². The van der Waals surface area contributed by atoms with Crippen LogP contribution in [0.1, 0.15) is 36.2 Å². The molecule has 4 nitrogen and oxygen atoms in total. The number of esters is 1. The highest BCUT2D eigenvalue weighted by Gasteiger charge is 2.23. The molecule has 0 radical (unpaired) electrons. The molecule has 21 heavy (non-hydrogen) atoms. The molecule has 0 amide bonds. The molecule has 0 bridgehead atoms. The average Bonchev–Trinajstić information content (AvgIpc) is 2.48. The number of hydrogen-bond acceptors (Lipinski definition) is 4. The van der Waals surface area contributed by atoms with E-state index in [1.165, 1.54) is 19.1 Å². The highest BCUT2D eigenvalue weighted by molar-refractivity contribution is 5.89. The Hall–Kier alpha value is -1.39. The fourth-order valence-corrected chi connectivity index (χ4v) is 2.94. The van der Waals surface area contributed by atoms with Crippen molar-refractivity contribution in [2.45, 2.75) is 32.9 Å². The van der Waals surface area contributed by atoms with E-state index in [0.717, 1.165) is 26.2 Å². The normalized spacial score (nSPS) is 19.7. The molecule has 1 aromatic carbocycles. The molecule has 0 aromatic heterocycles. The van der Waals surface area contributed by atoms with E-state index in [1.54, 1.807) is 6.07 Å². The summed E-state index contributed by atoms with van der Waals surface area (Å²) in [7, 11) is 1.42. The van der Waals surface area contributed by atoms with Crippen LogP contribution in [-0.2, 0) is 11.3 Å². The summed E-state index contributed by atoms with van der Waals surface area (Å²) in [5, 5.41) is 3.48. The quantitative estimate of drug-likeness (QED) is 0.845. The molecule has 116 valence electrons. The third-order valence-corrected chi connectivity index (χ3v) is 3.95. The van der Waals surface area contributed by atoms with Crippen LogP contribution in [0.2, 0.25) is 0 Å². The van der Waals surface area contributed by atoms with Gasteiger partial charge in [-0.3, -0.25) is 4.90 Å². The molecule has 1 atom stereocenters. The molecule has 1 saturated heterocycles. The maximum Gasteiger partial charge on any atom is 0.337 e. The van der Waals surface area contributed by atoms with Crippen LogP contribution in [0.4, 0.5) is 0 Å². The minimum atomic E-state index is -0.268. The molecule has 1 heterocycles. The lowest BCUT2D eigenvalue weighted by Crippen LogP contribution is -2.51. The molecule has 2 rings (SSSR count). The molecule has 0 saturated carbocycles. The van der Waals surface area contributed by atoms with Crippen LogP contribution < -0.4 is 5.32 Å². The second-order valence-corrected chi connectivity index (χ2v) is 6.15. The number of benzene rings is 1. The van der Waals surface area contributed by atoms with Crippen molar-refractivity contribution < 1.29 is 9.53 Å². The van der Waals surface area contributed by atoms with Crippen LogP contribution >= 0.6 is 0 Å². The number of nitrogens with zero attached hydrogens (tertiary/aromatic N) is 1. The van der Waals surface area contributed by atoms with Crippen molar-refractivity contribution in [1.82, 2.24) is 10.2 Å². The Labute approximate surface area is 127 Å². The van der Waals surface area contributed by atoms with Gasteiger partial charge < -0.3 is 10.1 Å². The van der Waals surface area contributed by atoms with Gasteiger partial charge in [0.15, 0.2) is 0 Å². The van der Waals surface area contributed by atoms with E-state index in [2.05, 4.69) is 30.1 Å². The smallest absolute Gasteiger partial charge is 0.337 e. The van der Waals surface area contributed by atoms with Crippen LogP contribution in [0, 0.1) is 5.92 Å². The number of carbonyl (C=O) groups excluding carboxylic acids is 1. The number of hydrogen-bond donors (Lipinski definition) is 1. The third kappa shape index (κ3) is 4.55. The highest BCUT2D eigenvalue weighted by Crippen LogP contribution is 2.17. The minimum Gasteiger partial charge on any atom is -0.465 e. The SMILES string of the molecule is COC(=O)c1cccc(CN2CCNC[C@@H]2CC(C)C)c1. The first kappa shape index (κ1) is 16.0. The molecule has 1 fully saturated rings. The first-order valence-corrected chi connectivity index (χ1v) is 7.72. The molecular weight excluding hydrogens is 264 g/mol. The number of rotatable bonds is 5. The average molecular weight is 290 g/mol. The summed E-state index contributed by atoms with van der Waals surface area (Å²) >= 11 is 0. The van der Waals surface area contributed by atoms with Crippen LogP contribution in [0.15, 0.2) is 24.3 Å². The summed E-state index contributed by atoms with van der Waals surface area (Å²) < 4.78 is 4.79. The van der Waals surface area contributed by atoms with Crippen molar-refractivity contribution in [3.8, 4) is 0 Å². The van der Waals surface area contributed by atoms with Crippen LogP contribution in [-0.4, -0.2) is 43.7 Å². The largest absolute Gasteiger partial charge is 0.465 e. The van der Waals surface area contributed by atoms with Crippen molar-refractivity contribution in [3.05, 3.63) is 35.4 Å². The van der Waals surface area contributed by atoms with Gasteiger partial charge in [0.05, 0.1) is 12.7 Å². The number of carbonyl (C=O) groups is 1. The maximum absolute atomic E-state index is 11.6. The first-order valence-electron chi connectivity index (χ1n) is 7.72. The Morgan fingerprint density at radius 1 is 1.48 bits per heavy atom. The van der Waals surface area contributed by atoms with Crippen molar-refractivity contribution in [2.75, 3.05) is 26.7 Å². The molecule has 1 N–H and O–H groups in total. The van der Waals surface area contributed by atoms with E-state index in [4.69, 9.17) is 4.74 Å². The van der Waals surface area contributed by atoms with Gasteiger partial charge in [-0.2, -0.15) is 0 Å². The zero-order valence-electron chi connectivity index (χ0n) is 13.3. The fourth-order valence-electron chi connectivity index (χ4n) is 2.94. The Bertz CT molecular complexity index is 474. The molecule has 1 aromatic rings. The van der Waals surface area contributed by atoms with Gasteiger partial charge in [0.1, 0.15) is 0 Å². The number of ether oxygens (including phenoxy) is 1. The summed E-state index contributed by atoms with van der Waals surface area (Å²) in [5.74, 6) is 0.426. The van der Waals surface area contributed by atoms with Crippen molar-refractivity contribution >= 4 is 5.97 Å². The summed E-state index contributed by atoms with van der Waals surface area (Å²) in [6.07, 6.45) is 1.20. The van der Waals surface area contributed by atoms with E-state index in [0.29, 0.717) is 17.5 Å². The number of nitrogens with one attached hydrogen (secondary N) is 1. The summed E-state index contributed by atoms with van der Waals surface area (Å²) in [6, 6.07) is 8.33. The standard InChI is InChI=1S/C17H26N2O2/c1-13(2)9-16-11-18-7-8-19(16)12-14-5-4-6-15(10-14)17(20)21-3/h4-6,10,13,16,18H,7-9,11-12H2,1-3H3/t16-/m0/s1. The van der Waals surface area contributed by atoms with Crippen molar-refractivity contribution in [1.29, 1.82) is 0 Å². The van der Waals surface area contributed by atoms with E-state index in [9.17, 15) is 4.79 Å². The molecule has 1 aliphatic rings. The lowest BCUT2D eigenvalue weighted by atomic mass is 10.00. The lowest BCUT2D eigenvalue weighted by molar-refractivity contribution is 0.0600. The van der Waals surface area contributed by atoms with Gasteiger partial charge in [0.2, 0.25) is 0 Å². The van der Waals surface area contributed by atoms with Gasteiger partial charge in [-0.25, -0.2) is 4.79 Å². The Kier molecular flexibility index (Phi) is 5.76. The molecule has 0 aliphatic carbocycles. The van der Waals surface area contributed by atoms with Gasteiger partial charge in [0.25, 0.3) is 0 Å². The molecular formula is C17H26N2O2. The monoisotopic (exact) mass is 290 g/mol. The van der Waals surface area contributed by atoms with Crippen LogP contribution in [0.3, 0.4) is 0 Å². The predicted octanol–water partition coefficient (Wildman–Crippen LogP) is 2.29. The molecule has 4 heteroatoms. The zero-order chi connectivity index (χ0) is 15.2. The van der Waals surface area contributed by atoms with Gasteiger partial charge in [-0.15, -0.1) is 0 Å². The lowest BCUT2D eigenvalue weighted by Gasteiger charge is -2.37. The summed E-state index contributed by atoms with van der Waals surface area (Å²) in [5.41, 5.74) is 1.80. The minimum absolute atomic E-state index is 0.268. The van der Waals surface area contributed by atoms with E-state index in [1.807, 2.05) is 12.1 Å². The van der Waals surface area contributed by atoms with E-state index in [-0.39, 0.29) is 5.97 Å². The number of methoxy groups -OCH3 is 1. The molecule has 0 unspecified atom stereocenters. The predicted molar refractivity (Wildman–Crippen MR) is 84.3 cm³/mol. The zero-order valence-corrected chi connectivity index (χ0v) is 13.3. The van der Waals surface area contributed by atoms with Crippen LogP contribution in [0.25, 0.3) is 0 Å². The van der Waals surface area contributed by atoms with Crippen molar-refractivity contribution in [3.63, 3.8) is 0 Å². The second-order valence-electron chi connectivity index (χ2n) is 6.15. The summed E-state index contributed by atoms with van der Waals surface area (Å²) in [6.45, 7) is 8.57. The summed E-state index contributed by atoms with van der Waals surface area (Å²) in [4.78, 5) is 14.1. The highest BCUT2D eigenvalue weighted by atomic mass is 16.5. The second kappa shape index (κ2) is 7.57. The Morgan fingerprint density at radius 3 is 3.00 bits per heavy atom. The van der Waals surface area contributed by atoms with Gasteiger partial charge in [-0.05, 0) is 30.0 Å².